The van der Waals surface area contributed by atoms with E-state index < -0.39 is 15.9 Å². The number of amides is 1. The van der Waals surface area contributed by atoms with Crippen molar-refractivity contribution in [3.05, 3.63) is 53.1 Å². The average molecular weight is 364 g/mol. The second-order valence-electron chi connectivity index (χ2n) is 5.57. The summed E-state index contributed by atoms with van der Waals surface area (Å²) in [5, 5.41) is 8.97. The Morgan fingerprint density at radius 1 is 1.16 bits per heavy atom. The van der Waals surface area contributed by atoms with Crippen LogP contribution in [0.5, 0.6) is 5.75 Å². The van der Waals surface area contributed by atoms with E-state index in [9.17, 15) is 13.2 Å². The minimum absolute atomic E-state index is 0.0612. The second kappa shape index (κ2) is 7.12. The summed E-state index contributed by atoms with van der Waals surface area (Å²) in [6.45, 7) is 3.49. The minimum Gasteiger partial charge on any atom is -0.497 e. The molecular formula is C17H20N2O5S. The number of rotatable bonds is 5. The Hall–Kier alpha value is -2.58. The molecule has 0 aliphatic carbocycles. The van der Waals surface area contributed by atoms with Crippen molar-refractivity contribution in [1.82, 2.24) is 5.48 Å². The summed E-state index contributed by atoms with van der Waals surface area (Å²) in [4.78, 5) is 12.1. The molecule has 0 atom stereocenters. The molecule has 2 aromatic carbocycles. The molecule has 0 aromatic heterocycles. The zero-order valence-electron chi connectivity index (χ0n) is 14.4. The Bertz CT molecular complexity index is 892. The zero-order chi connectivity index (χ0) is 18.8. The van der Waals surface area contributed by atoms with Crippen LogP contribution in [-0.2, 0) is 10.0 Å². The number of nitrogens with one attached hydrogen (secondary N) is 1. The van der Waals surface area contributed by atoms with Crippen molar-refractivity contribution < 1.29 is 23.2 Å². The number of hydroxylamine groups is 1. The van der Waals surface area contributed by atoms with Crippen LogP contribution < -0.4 is 14.5 Å². The highest BCUT2D eigenvalue weighted by Crippen LogP contribution is 2.31. The average Bonchev–Trinajstić information content (AvgIpc) is 2.59. The van der Waals surface area contributed by atoms with Crippen LogP contribution in [0.25, 0.3) is 0 Å². The van der Waals surface area contributed by atoms with E-state index in [1.165, 1.54) is 32.4 Å². The number of methoxy groups -OCH3 is 1. The first-order valence-electron chi connectivity index (χ1n) is 7.41. The molecule has 0 aliphatic heterocycles. The maximum atomic E-state index is 12.9. The van der Waals surface area contributed by atoms with E-state index in [-0.39, 0.29) is 16.1 Å². The van der Waals surface area contributed by atoms with Crippen LogP contribution in [0.15, 0.2) is 41.3 Å². The van der Waals surface area contributed by atoms with Gasteiger partial charge in [0.05, 0.1) is 23.3 Å². The number of sulfonamides is 1. The number of aryl methyl sites for hydroxylation is 2. The number of hydrogen-bond donors (Lipinski definition) is 2. The third kappa shape index (κ3) is 3.59. The largest absolute Gasteiger partial charge is 0.497 e. The summed E-state index contributed by atoms with van der Waals surface area (Å²) in [5.74, 6) is -0.243. The molecule has 0 saturated carbocycles. The molecule has 0 spiro atoms. The quantitative estimate of drug-likeness (QED) is 0.627. The van der Waals surface area contributed by atoms with Gasteiger partial charge in [-0.1, -0.05) is 6.07 Å². The Balaban J connectivity index is 2.59. The van der Waals surface area contributed by atoms with E-state index in [1.807, 2.05) is 0 Å². The van der Waals surface area contributed by atoms with E-state index in [0.717, 1.165) is 9.87 Å². The van der Waals surface area contributed by atoms with Gasteiger partial charge >= 0.3 is 0 Å². The van der Waals surface area contributed by atoms with Crippen LogP contribution in [0.1, 0.15) is 21.5 Å². The number of carbonyl (C=O) groups is 1. The first-order valence-corrected chi connectivity index (χ1v) is 8.85. The van der Waals surface area contributed by atoms with Crippen molar-refractivity contribution in [3.8, 4) is 5.75 Å². The highest BCUT2D eigenvalue weighted by molar-refractivity contribution is 7.92. The van der Waals surface area contributed by atoms with Crippen LogP contribution in [0.3, 0.4) is 0 Å². The van der Waals surface area contributed by atoms with Crippen molar-refractivity contribution in [2.45, 2.75) is 18.7 Å². The van der Waals surface area contributed by atoms with Gasteiger partial charge in [0.25, 0.3) is 15.9 Å². The number of ether oxygens (including phenoxy) is 1. The van der Waals surface area contributed by atoms with Gasteiger partial charge in [0.1, 0.15) is 5.75 Å². The van der Waals surface area contributed by atoms with Crippen molar-refractivity contribution in [3.63, 3.8) is 0 Å². The zero-order valence-corrected chi connectivity index (χ0v) is 15.2. The van der Waals surface area contributed by atoms with E-state index in [0.29, 0.717) is 11.3 Å². The SMILES string of the molecule is COc1ccc(S(=O)(=O)N(C)c2c(C)cc(C)cc2C(=O)NO)cc1. The number of benzene rings is 2. The molecule has 8 heteroatoms. The van der Waals surface area contributed by atoms with Gasteiger partial charge in [-0.15, -0.1) is 0 Å². The lowest BCUT2D eigenvalue weighted by molar-refractivity contribution is 0.0707. The van der Waals surface area contributed by atoms with Gasteiger partial charge in [-0.05, 0) is 55.3 Å². The molecule has 2 N–H and O–H groups in total. The Morgan fingerprint density at radius 3 is 2.28 bits per heavy atom. The molecule has 134 valence electrons. The lowest BCUT2D eigenvalue weighted by Crippen LogP contribution is -2.31. The summed E-state index contributed by atoms with van der Waals surface area (Å²) in [6.07, 6.45) is 0. The van der Waals surface area contributed by atoms with Gasteiger partial charge in [-0.3, -0.25) is 14.3 Å². The predicted octanol–water partition coefficient (Wildman–Crippen LogP) is 2.26. The van der Waals surface area contributed by atoms with Gasteiger partial charge in [0.2, 0.25) is 0 Å². The van der Waals surface area contributed by atoms with E-state index in [1.54, 1.807) is 37.5 Å². The fourth-order valence-electron chi connectivity index (χ4n) is 2.64. The van der Waals surface area contributed by atoms with E-state index in [4.69, 9.17) is 9.94 Å². The van der Waals surface area contributed by atoms with Crippen LogP contribution in [0.2, 0.25) is 0 Å². The molecule has 0 fully saturated rings. The molecule has 0 aliphatic rings. The molecule has 0 radical (unpaired) electrons. The third-order valence-electron chi connectivity index (χ3n) is 3.82. The maximum absolute atomic E-state index is 12.9. The normalized spacial score (nSPS) is 11.1. The second-order valence-corrected chi connectivity index (χ2v) is 7.54. The van der Waals surface area contributed by atoms with Gasteiger partial charge < -0.3 is 4.74 Å². The summed E-state index contributed by atoms with van der Waals surface area (Å²) in [6, 6.07) is 9.24. The molecule has 2 rings (SSSR count). The van der Waals surface area contributed by atoms with Crippen LogP contribution in [0.4, 0.5) is 5.69 Å². The molecule has 0 saturated heterocycles. The first-order chi connectivity index (χ1) is 11.7. The van der Waals surface area contributed by atoms with Gasteiger partial charge in [0.15, 0.2) is 0 Å². The van der Waals surface area contributed by atoms with Crippen LogP contribution in [-0.4, -0.2) is 33.7 Å². The standard InChI is InChI=1S/C17H20N2O5S/c1-11-9-12(2)16(15(10-11)17(20)18-21)19(3)25(22,23)14-7-5-13(24-4)6-8-14/h5-10,21H,1-4H3,(H,18,20). The van der Waals surface area contributed by atoms with Gasteiger partial charge in [-0.25, -0.2) is 13.9 Å². The summed E-state index contributed by atoms with van der Waals surface area (Å²) in [5.41, 5.74) is 3.20. The topological polar surface area (TPSA) is 95.9 Å². The predicted molar refractivity (Wildman–Crippen MR) is 93.8 cm³/mol. The molecule has 2 aromatic rings. The minimum atomic E-state index is -3.90. The van der Waals surface area contributed by atoms with Gasteiger partial charge in [-0.2, -0.15) is 0 Å². The first kappa shape index (κ1) is 18.8. The van der Waals surface area contributed by atoms with Crippen molar-refractivity contribution in [2.24, 2.45) is 0 Å². The monoisotopic (exact) mass is 364 g/mol. The molecular weight excluding hydrogens is 344 g/mol. The van der Waals surface area contributed by atoms with Crippen molar-refractivity contribution in [2.75, 3.05) is 18.5 Å². The Morgan fingerprint density at radius 2 is 1.76 bits per heavy atom. The number of hydrogen-bond acceptors (Lipinski definition) is 5. The lowest BCUT2D eigenvalue weighted by Gasteiger charge is -2.24. The third-order valence-corrected chi connectivity index (χ3v) is 5.60. The molecule has 0 bridgehead atoms. The highest BCUT2D eigenvalue weighted by atomic mass is 32.2. The molecule has 25 heavy (non-hydrogen) atoms. The molecule has 7 nitrogen and oxygen atoms in total. The number of carbonyl (C=O) groups excluding carboxylic acids is 1. The summed E-state index contributed by atoms with van der Waals surface area (Å²) in [7, 11) is -1.04. The van der Waals surface area contributed by atoms with Crippen LogP contribution >= 0.6 is 0 Å². The lowest BCUT2D eigenvalue weighted by atomic mass is 10.0. The maximum Gasteiger partial charge on any atom is 0.276 e. The molecule has 1 amide bonds. The molecule has 0 unspecified atom stereocenters. The smallest absolute Gasteiger partial charge is 0.276 e. The summed E-state index contributed by atoms with van der Waals surface area (Å²) >= 11 is 0. The number of nitrogens with zero attached hydrogens (tertiary/aromatic N) is 1. The van der Waals surface area contributed by atoms with Gasteiger partial charge in [0, 0.05) is 7.05 Å². The Kier molecular flexibility index (Phi) is 5.34. The summed E-state index contributed by atoms with van der Waals surface area (Å²) < 4.78 is 31.9. The highest BCUT2D eigenvalue weighted by Gasteiger charge is 2.27. The fraction of sp³-hybridized carbons (Fsp3) is 0.235. The Labute approximate surface area is 146 Å². The van der Waals surface area contributed by atoms with E-state index in [2.05, 4.69) is 0 Å². The van der Waals surface area contributed by atoms with Crippen LogP contribution in [0, 0.1) is 13.8 Å². The number of anilines is 1. The molecule has 0 heterocycles. The fourth-order valence-corrected chi connectivity index (χ4v) is 3.92. The van der Waals surface area contributed by atoms with Crippen molar-refractivity contribution in [1.29, 1.82) is 0 Å². The van der Waals surface area contributed by atoms with E-state index >= 15 is 0 Å². The van der Waals surface area contributed by atoms with Crippen molar-refractivity contribution >= 4 is 21.6 Å².